The van der Waals surface area contributed by atoms with Crippen LogP contribution in [0.1, 0.15) is 24.8 Å². The van der Waals surface area contributed by atoms with Gasteiger partial charge in [0.05, 0.1) is 20.3 Å². The summed E-state index contributed by atoms with van der Waals surface area (Å²) < 4.78 is 16.1. The molecule has 1 fully saturated rings. The maximum absolute atomic E-state index is 12.4. The van der Waals surface area contributed by atoms with Crippen LogP contribution in [-0.2, 0) is 16.0 Å². The van der Waals surface area contributed by atoms with Crippen LogP contribution in [0.4, 0.5) is 11.4 Å². The van der Waals surface area contributed by atoms with Gasteiger partial charge in [-0.25, -0.2) is 0 Å². The van der Waals surface area contributed by atoms with Gasteiger partial charge in [0.15, 0.2) is 0 Å². The highest BCUT2D eigenvalue weighted by atomic mass is 16.5. The second-order valence-electron chi connectivity index (χ2n) is 7.22. The number of anilines is 2. The van der Waals surface area contributed by atoms with Crippen molar-refractivity contribution in [3.05, 3.63) is 48.0 Å². The first kappa shape index (κ1) is 21.0. The Morgan fingerprint density at radius 2 is 1.90 bits per heavy atom. The number of aryl methyl sites for hydroxylation is 1. The summed E-state index contributed by atoms with van der Waals surface area (Å²) >= 11 is 0. The Morgan fingerprint density at radius 1 is 1.10 bits per heavy atom. The van der Waals surface area contributed by atoms with E-state index in [0.717, 1.165) is 54.4 Å². The molecule has 1 atom stereocenters. The van der Waals surface area contributed by atoms with E-state index in [1.165, 1.54) is 0 Å². The Balaban J connectivity index is 1.53. The molecule has 1 aliphatic heterocycles. The van der Waals surface area contributed by atoms with Gasteiger partial charge < -0.3 is 24.4 Å². The summed E-state index contributed by atoms with van der Waals surface area (Å²) in [4.78, 5) is 14.7. The highest BCUT2D eigenvalue weighted by Crippen LogP contribution is 2.26. The zero-order valence-electron chi connectivity index (χ0n) is 17.4. The molecule has 1 saturated heterocycles. The first-order valence-corrected chi connectivity index (χ1v) is 10.0. The minimum atomic E-state index is -0.0203. The van der Waals surface area contributed by atoms with Crippen LogP contribution in [-0.4, -0.2) is 46.4 Å². The molecule has 3 rings (SSSR count). The average molecular weight is 399 g/mol. The van der Waals surface area contributed by atoms with Crippen LogP contribution in [0.25, 0.3) is 0 Å². The molecule has 6 nitrogen and oxygen atoms in total. The van der Waals surface area contributed by atoms with Gasteiger partial charge in [-0.3, -0.25) is 4.79 Å². The fourth-order valence-electron chi connectivity index (χ4n) is 3.65. The van der Waals surface area contributed by atoms with Crippen molar-refractivity contribution in [3.8, 4) is 11.5 Å². The van der Waals surface area contributed by atoms with Crippen molar-refractivity contribution in [1.82, 2.24) is 0 Å². The predicted octanol–water partition coefficient (Wildman–Crippen LogP) is 3.89. The predicted molar refractivity (Wildman–Crippen MR) is 115 cm³/mol. The molecule has 6 heteroatoms. The number of carbonyl (C=O) groups is 1. The fraction of sp³-hybridized carbons (Fsp3) is 0.435. The Labute approximate surface area is 172 Å². The molecule has 29 heavy (non-hydrogen) atoms. The minimum absolute atomic E-state index is 0.0203. The van der Waals surface area contributed by atoms with Gasteiger partial charge in [0.1, 0.15) is 11.5 Å². The zero-order chi connectivity index (χ0) is 20.6. The molecule has 156 valence electrons. The summed E-state index contributed by atoms with van der Waals surface area (Å²) in [7, 11) is 5.01. The lowest BCUT2D eigenvalue weighted by molar-refractivity contribution is -0.116. The van der Waals surface area contributed by atoms with Crippen molar-refractivity contribution in [3.63, 3.8) is 0 Å². The topological polar surface area (TPSA) is 60.0 Å². The average Bonchev–Trinajstić information content (AvgIpc) is 2.78. The van der Waals surface area contributed by atoms with Crippen LogP contribution in [0.5, 0.6) is 11.5 Å². The van der Waals surface area contributed by atoms with E-state index in [0.29, 0.717) is 12.8 Å². The van der Waals surface area contributed by atoms with Gasteiger partial charge in [-0.15, -0.1) is 0 Å². The molecule has 0 saturated carbocycles. The normalized spacial score (nSPS) is 16.4. The second kappa shape index (κ2) is 10.2. The first-order valence-electron chi connectivity index (χ1n) is 10.0. The zero-order valence-corrected chi connectivity index (χ0v) is 17.4. The third-order valence-corrected chi connectivity index (χ3v) is 5.34. The first-order chi connectivity index (χ1) is 14.1. The Hall–Kier alpha value is -2.73. The molecule has 1 amide bonds. The number of amides is 1. The SMILES string of the molecule is COc1ccc(CCC(=O)Nc2ccc(N3CCCC(OC)C3)cc2)c(OC)c1. The molecule has 0 radical (unpaired) electrons. The van der Waals surface area contributed by atoms with E-state index < -0.39 is 0 Å². The van der Waals surface area contributed by atoms with Gasteiger partial charge in [0, 0.05) is 44.1 Å². The number of rotatable bonds is 8. The van der Waals surface area contributed by atoms with Gasteiger partial charge in [-0.1, -0.05) is 6.07 Å². The maximum Gasteiger partial charge on any atom is 0.224 e. The molecule has 0 bridgehead atoms. The molecule has 1 heterocycles. The van der Waals surface area contributed by atoms with Crippen LogP contribution in [0.2, 0.25) is 0 Å². The molecule has 0 aromatic heterocycles. The molecule has 2 aromatic rings. The van der Waals surface area contributed by atoms with E-state index in [4.69, 9.17) is 14.2 Å². The van der Waals surface area contributed by atoms with Gasteiger partial charge in [-0.05, 0) is 55.2 Å². The third-order valence-electron chi connectivity index (χ3n) is 5.34. The van der Waals surface area contributed by atoms with E-state index in [1.54, 1.807) is 21.3 Å². The fourth-order valence-corrected chi connectivity index (χ4v) is 3.65. The Morgan fingerprint density at radius 3 is 2.59 bits per heavy atom. The number of methoxy groups -OCH3 is 3. The second-order valence-corrected chi connectivity index (χ2v) is 7.22. The molecule has 1 N–H and O–H groups in total. The molecule has 0 aliphatic carbocycles. The minimum Gasteiger partial charge on any atom is -0.497 e. The van der Waals surface area contributed by atoms with E-state index in [1.807, 2.05) is 30.3 Å². The van der Waals surface area contributed by atoms with Crippen LogP contribution < -0.4 is 19.7 Å². The van der Waals surface area contributed by atoms with E-state index in [9.17, 15) is 4.79 Å². The van der Waals surface area contributed by atoms with Crippen molar-refractivity contribution >= 4 is 17.3 Å². The quantitative estimate of drug-likeness (QED) is 0.731. The summed E-state index contributed by atoms with van der Waals surface area (Å²) in [6, 6.07) is 13.7. The number of hydrogen-bond donors (Lipinski definition) is 1. The number of hydrogen-bond acceptors (Lipinski definition) is 5. The van der Waals surface area contributed by atoms with Crippen LogP contribution in [0.15, 0.2) is 42.5 Å². The summed E-state index contributed by atoms with van der Waals surface area (Å²) in [5.74, 6) is 1.45. The lowest BCUT2D eigenvalue weighted by Gasteiger charge is -2.33. The largest absolute Gasteiger partial charge is 0.497 e. The van der Waals surface area contributed by atoms with E-state index in [2.05, 4.69) is 22.3 Å². The summed E-state index contributed by atoms with van der Waals surface area (Å²) in [6.45, 7) is 1.95. The van der Waals surface area contributed by atoms with Crippen molar-refractivity contribution in [2.75, 3.05) is 44.6 Å². The lowest BCUT2D eigenvalue weighted by atomic mass is 10.1. The van der Waals surface area contributed by atoms with Crippen molar-refractivity contribution in [2.45, 2.75) is 31.8 Å². The van der Waals surface area contributed by atoms with Crippen molar-refractivity contribution in [1.29, 1.82) is 0 Å². The van der Waals surface area contributed by atoms with Crippen LogP contribution >= 0.6 is 0 Å². The number of carbonyl (C=O) groups excluding carboxylic acids is 1. The molecule has 0 spiro atoms. The number of nitrogens with zero attached hydrogens (tertiary/aromatic N) is 1. The van der Waals surface area contributed by atoms with E-state index in [-0.39, 0.29) is 12.0 Å². The maximum atomic E-state index is 12.4. The van der Waals surface area contributed by atoms with Gasteiger partial charge in [0.2, 0.25) is 5.91 Å². The van der Waals surface area contributed by atoms with Gasteiger partial charge in [0.25, 0.3) is 0 Å². The highest BCUT2D eigenvalue weighted by molar-refractivity contribution is 5.91. The number of nitrogens with one attached hydrogen (secondary N) is 1. The molecular weight excluding hydrogens is 368 g/mol. The van der Waals surface area contributed by atoms with E-state index >= 15 is 0 Å². The summed E-state index contributed by atoms with van der Waals surface area (Å²) in [6.07, 6.45) is 3.51. The molecule has 1 unspecified atom stereocenters. The molecule has 2 aromatic carbocycles. The standard InChI is InChI=1S/C23H30N2O4/c1-27-20-12-6-17(22(15-20)29-3)7-13-23(26)24-18-8-10-19(11-9-18)25-14-4-5-21(16-25)28-2/h6,8-12,15,21H,4-5,7,13-14,16H2,1-3H3,(H,24,26). The van der Waals surface area contributed by atoms with Gasteiger partial charge in [-0.2, -0.15) is 0 Å². The number of benzene rings is 2. The lowest BCUT2D eigenvalue weighted by Crippen LogP contribution is -2.39. The van der Waals surface area contributed by atoms with Crippen LogP contribution in [0.3, 0.4) is 0 Å². The molecule has 1 aliphatic rings. The van der Waals surface area contributed by atoms with Crippen LogP contribution in [0, 0.1) is 0 Å². The number of ether oxygens (including phenoxy) is 3. The molecular formula is C23H30N2O4. The smallest absolute Gasteiger partial charge is 0.224 e. The summed E-state index contributed by atoms with van der Waals surface area (Å²) in [5, 5.41) is 2.97. The Bertz CT molecular complexity index is 807. The highest BCUT2D eigenvalue weighted by Gasteiger charge is 2.19. The third kappa shape index (κ3) is 5.64. The summed E-state index contributed by atoms with van der Waals surface area (Å²) in [5.41, 5.74) is 2.95. The number of piperidine rings is 1. The Kier molecular flexibility index (Phi) is 7.36. The van der Waals surface area contributed by atoms with Crippen molar-refractivity contribution < 1.29 is 19.0 Å². The monoisotopic (exact) mass is 398 g/mol. The van der Waals surface area contributed by atoms with Gasteiger partial charge >= 0.3 is 0 Å². The van der Waals surface area contributed by atoms with Crippen molar-refractivity contribution in [2.24, 2.45) is 0 Å².